The molecule has 0 N–H and O–H groups in total. The van der Waals surface area contributed by atoms with Crippen LogP contribution in [0.25, 0.3) is 11.3 Å². The first-order valence-corrected chi connectivity index (χ1v) is 10.5. The number of hydrogen-bond donors (Lipinski definition) is 0. The topological polar surface area (TPSA) is 86.4 Å². The fourth-order valence-electron chi connectivity index (χ4n) is 3.00. The Balaban J connectivity index is 2.48. The number of allylic oxidation sites excluding steroid dienone is 1. The first-order valence-electron chi connectivity index (χ1n) is 10.2. The number of aromatic nitrogens is 2. The number of alkyl halides is 3. The average molecular weight is 500 g/mol. The Hall–Kier alpha value is -3.19. The minimum Gasteiger partial charge on any atom is -0.451 e. The van der Waals surface area contributed by atoms with E-state index in [-0.39, 0.29) is 27.5 Å². The Morgan fingerprint density at radius 1 is 1.21 bits per heavy atom. The first-order chi connectivity index (χ1) is 15.6. The van der Waals surface area contributed by atoms with E-state index in [1.165, 1.54) is 11.6 Å². The Kier molecular flexibility index (Phi) is 8.26. The second-order valence-electron chi connectivity index (χ2n) is 8.47. The molecule has 1 heterocycles. The van der Waals surface area contributed by atoms with E-state index < -0.39 is 25.2 Å². The molecule has 1 aromatic carbocycles. The third-order valence-electron chi connectivity index (χ3n) is 4.64. The van der Waals surface area contributed by atoms with Crippen molar-refractivity contribution in [2.45, 2.75) is 52.5 Å². The predicted molar refractivity (Wildman–Crippen MR) is 120 cm³/mol. The van der Waals surface area contributed by atoms with Crippen LogP contribution in [0.15, 0.2) is 24.3 Å². The molecule has 2 aromatic rings. The van der Waals surface area contributed by atoms with Crippen molar-refractivity contribution in [3.8, 4) is 6.07 Å². The molecule has 1 unspecified atom stereocenters. The fraction of sp³-hybridized carbons (Fsp3) is 0.435. The summed E-state index contributed by atoms with van der Waals surface area (Å²) >= 11 is 6.41. The van der Waals surface area contributed by atoms with Crippen LogP contribution in [0.2, 0.25) is 5.02 Å². The van der Waals surface area contributed by atoms with Gasteiger partial charge in [-0.05, 0) is 23.5 Å². The van der Waals surface area contributed by atoms with Crippen LogP contribution in [-0.2, 0) is 26.7 Å². The molecule has 184 valence electrons. The molecule has 1 aromatic heterocycles. The van der Waals surface area contributed by atoms with Crippen molar-refractivity contribution in [3.63, 3.8) is 0 Å². The largest absolute Gasteiger partial charge is 0.511 e. The molecule has 0 aliphatic rings. The van der Waals surface area contributed by atoms with Gasteiger partial charge in [0.05, 0.1) is 10.7 Å². The molecule has 0 bridgehead atoms. The summed E-state index contributed by atoms with van der Waals surface area (Å²) in [7, 11) is 1.58. The molecule has 1 atom stereocenters. The van der Waals surface area contributed by atoms with Crippen molar-refractivity contribution in [3.05, 3.63) is 51.8 Å². The van der Waals surface area contributed by atoms with Crippen molar-refractivity contribution in [1.29, 1.82) is 5.26 Å². The third kappa shape index (κ3) is 6.90. The van der Waals surface area contributed by atoms with Gasteiger partial charge in [0, 0.05) is 14.0 Å². The number of nitrogens with zero attached hydrogens (tertiary/aromatic N) is 3. The molecule has 2 rings (SSSR count). The van der Waals surface area contributed by atoms with Gasteiger partial charge in [-0.2, -0.15) is 23.5 Å². The summed E-state index contributed by atoms with van der Waals surface area (Å²) in [4.78, 5) is 11.6. The minimum atomic E-state index is -4.71. The summed E-state index contributed by atoms with van der Waals surface area (Å²) in [6, 6.07) is 9.29. The smallest absolute Gasteiger partial charge is 0.451 e. The Morgan fingerprint density at radius 3 is 2.24 bits per heavy atom. The molecule has 0 aliphatic carbocycles. The Bertz CT molecular complexity index is 1110. The normalized spacial score (nSPS) is 13.6. The summed E-state index contributed by atoms with van der Waals surface area (Å²) in [6.45, 7) is 7.26. The van der Waals surface area contributed by atoms with E-state index in [0.29, 0.717) is 11.3 Å². The van der Waals surface area contributed by atoms with E-state index in [0.717, 1.165) is 5.56 Å². The quantitative estimate of drug-likeness (QED) is 0.205. The number of halogens is 4. The number of hydrogen-bond acceptors (Lipinski definition) is 6. The van der Waals surface area contributed by atoms with E-state index in [1.807, 2.05) is 32.9 Å². The zero-order chi connectivity index (χ0) is 25.8. The van der Waals surface area contributed by atoms with Crippen molar-refractivity contribution in [2.75, 3.05) is 6.61 Å². The summed E-state index contributed by atoms with van der Waals surface area (Å²) < 4.78 is 52.8. The average Bonchev–Trinajstić information content (AvgIpc) is 2.97. The molecular formula is C23H25ClF3N3O4. The van der Waals surface area contributed by atoms with E-state index in [9.17, 15) is 23.2 Å². The maximum absolute atomic E-state index is 12.3. The number of carbonyl (C=O) groups excluding carboxylic acids is 1. The molecule has 0 saturated heterocycles. The molecular weight excluding hydrogens is 475 g/mol. The Morgan fingerprint density at radius 2 is 1.79 bits per heavy atom. The van der Waals surface area contributed by atoms with Crippen molar-refractivity contribution < 1.29 is 32.2 Å². The zero-order valence-corrected chi connectivity index (χ0v) is 20.3. The van der Waals surface area contributed by atoms with Crippen molar-refractivity contribution >= 4 is 29.1 Å². The lowest BCUT2D eigenvalue weighted by atomic mass is 9.86. The second-order valence-corrected chi connectivity index (χ2v) is 8.85. The molecule has 34 heavy (non-hydrogen) atoms. The number of aryl methyl sites for hydroxylation is 2. The summed E-state index contributed by atoms with van der Waals surface area (Å²) in [5, 5.41) is 14.4. The van der Waals surface area contributed by atoms with Crippen LogP contribution >= 0.6 is 11.6 Å². The predicted octanol–water partition coefficient (Wildman–Crippen LogP) is 6.15. The van der Waals surface area contributed by atoms with E-state index in [2.05, 4.69) is 15.9 Å². The maximum atomic E-state index is 12.3. The van der Waals surface area contributed by atoms with Crippen LogP contribution in [-0.4, -0.2) is 35.0 Å². The number of benzene rings is 1. The van der Waals surface area contributed by atoms with E-state index in [4.69, 9.17) is 21.1 Å². The molecule has 7 nitrogen and oxygen atoms in total. The molecule has 11 heteroatoms. The number of nitriles is 1. The van der Waals surface area contributed by atoms with Crippen LogP contribution in [0.1, 0.15) is 50.2 Å². The van der Waals surface area contributed by atoms with E-state index >= 15 is 0 Å². The lowest BCUT2D eigenvalue weighted by Crippen LogP contribution is -2.24. The number of carbonyl (C=O) groups is 1. The van der Waals surface area contributed by atoms with Crippen LogP contribution in [0.4, 0.5) is 18.0 Å². The van der Waals surface area contributed by atoms with Gasteiger partial charge in [-0.3, -0.25) is 4.68 Å². The van der Waals surface area contributed by atoms with Gasteiger partial charge in [0.25, 0.3) is 0 Å². The molecule has 0 amide bonds. The monoisotopic (exact) mass is 499 g/mol. The van der Waals surface area contributed by atoms with Crippen LogP contribution in [0, 0.1) is 18.3 Å². The van der Waals surface area contributed by atoms with Gasteiger partial charge in [0.1, 0.15) is 17.3 Å². The number of rotatable bonds is 6. The lowest BCUT2D eigenvalue weighted by Gasteiger charge is -2.21. The molecule has 0 radical (unpaired) electrons. The van der Waals surface area contributed by atoms with Gasteiger partial charge in [0.2, 0.25) is 6.29 Å². The standard InChI is InChI=1S/C23H25ClF3N3O4/c1-13-18(24)19(30(6)29-13)20(33-14(2)34-21(31)32-12-23(25,26)27)17(11-28)15-7-9-16(10-8-15)22(3,4)5/h7-10,14H,12H2,1-6H3/b20-17-. The van der Waals surface area contributed by atoms with Gasteiger partial charge in [-0.1, -0.05) is 56.6 Å². The van der Waals surface area contributed by atoms with Crippen LogP contribution in [0.3, 0.4) is 0 Å². The van der Waals surface area contributed by atoms with Gasteiger partial charge < -0.3 is 14.2 Å². The fourth-order valence-corrected chi connectivity index (χ4v) is 3.24. The summed E-state index contributed by atoms with van der Waals surface area (Å²) in [6.07, 6.45) is -7.70. The number of ether oxygens (including phenoxy) is 3. The zero-order valence-electron chi connectivity index (χ0n) is 19.6. The SMILES string of the molecule is Cc1nn(C)c(/C(OC(C)OC(=O)OCC(F)(F)F)=C(\C#N)c2ccc(C(C)(C)C)cc2)c1Cl. The third-order valence-corrected chi connectivity index (χ3v) is 5.09. The van der Waals surface area contributed by atoms with Crippen molar-refractivity contribution in [2.24, 2.45) is 7.05 Å². The highest BCUT2D eigenvalue weighted by molar-refractivity contribution is 6.33. The maximum Gasteiger partial charge on any atom is 0.511 e. The second kappa shape index (κ2) is 10.4. The van der Waals surface area contributed by atoms with Crippen molar-refractivity contribution in [1.82, 2.24) is 9.78 Å². The minimum absolute atomic E-state index is 0.0597. The molecule has 0 spiro atoms. The van der Waals surface area contributed by atoms with Gasteiger partial charge in [0.15, 0.2) is 12.4 Å². The molecule has 0 fully saturated rings. The molecule has 0 saturated carbocycles. The summed E-state index contributed by atoms with van der Waals surface area (Å²) in [5.74, 6) is -0.0600. The van der Waals surface area contributed by atoms with Crippen LogP contribution < -0.4 is 0 Å². The van der Waals surface area contributed by atoms with E-state index in [1.54, 1.807) is 26.1 Å². The lowest BCUT2D eigenvalue weighted by molar-refractivity contribution is -0.171. The highest BCUT2D eigenvalue weighted by atomic mass is 35.5. The van der Waals surface area contributed by atoms with Gasteiger partial charge >= 0.3 is 12.3 Å². The first kappa shape index (κ1) is 27.1. The van der Waals surface area contributed by atoms with Gasteiger partial charge in [-0.25, -0.2) is 4.79 Å². The summed E-state index contributed by atoms with van der Waals surface area (Å²) in [5.41, 5.74) is 2.16. The van der Waals surface area contributed by atoms with Crippen LogP contribution in [0.5, 0.6) is 0 Å². The highest BCUT2D eigenvalue weighted by Crippen LogP contribution is 2.35. The highest BCUT2D eigenvalue weighted by Gasteiger charge is 2.31. The van der Waals surface area contributed by atoms with Gasteiger partial charge in [-0.15, -0.1) is 0 Å². The molecule has 0 aliphatic heterocycles. The Labute approximate surface area is 200 Å².